The predicted octanol–water partition coefficient (Wildman–Crippen LogP) is 2.46. The van der Waals surface area contributed by atoms with Crippen molar-refractivity contribution in [3.8, 4) is 0 Å². The summed E-state index contributed by atoms with van der Waals surface area (Å²) in [4.78, 5) is 13.0. The van der Waals surface area contributed by atoms with E-state index in [4.69, 9.17) is 0 Å². The number of nitrogens with one attached hydrogen (secondary N) is 2. The number of hydrogen-bond donors (Lipinski definition) is 2. The van der Waals surface area contributed by atoms with Crippen molar-refractivity contribution in [1.29, 1.82) is 0 Å². The summed E-state index contributed by atoms with van der Waals surface area (Å²) in [6.07, 6.45) is 4.80. The van der Waals surface area contributed by atoms with E-state index >= 15 is 0 Å². The highest BCUT2D eigenvalue weighted by Crippen LogP contribution is 2.18. The fraction of sp³-hybridized carbons (Fsp3) is 0.615. The van der Waals surface area contributed by atoms with Crippen LogP contribution in [0, 0.1) is 0 Å². The lowest BCUT2D eigenvalue weighted by Gasteiger charge is -2.15. The van der Waals surface area contributed by atoms with Crippen molar-refractivity contribution in [2.75, 3.05) is 6.54 Å². The van der Waals surface area contributed by atoms with Crippen LogP contribution in [0.1, 0.15) is 43.5 Å². The van der Waals surface area contributed by atoms with Crippen molar-refractivity contribution in [2.45, 2.75) is 44.7 Å². The highest BCUT2D eigenvalue weighted by Gasteiger charge is 2.17. The normalized spacial score (nSPS) is 18.2. The molecule has 1 fully saturated rings. The maximum atomic E-state index is 11.7. The lowest BCUT2D eigenvalue weighted by atomic mass is 10.2. The van der Waals surface area contributed by atoms with Crippen LogP contribution in [0.15, 0.2) is 17.5 Å². The molecule has 1 amide bonds. The molecule has 0 aliphatic heterocycles. The highest BCUT2D eigenvalue weighted by atomic mass is 32.1. The van der Waals surface area contributed by atoms with Gasteiger partial charge in [0.15, 0.2) is 0 Å². The Morgan fingerprint density at radius 1 is 1.53 bits per heavy atom. The second-order valence-corrected chi connectivity index (χ2v) is 5.65. The Balaban J connectivity index is 1.68. The van der Waals surface area contributed by atoms with Crippen molar-refractivity contribution in [3.63, 3.8) is 0 Å². The first-order valence-electron chi connectivity index (χ1n) is 6.32. The van der Waals surface area contributed by atoms with Crippen molar-refractivity contribution in [2.24, 2.45) is 0 Å². The van der Waals surface area contributed by atoms with E-state index in [9.17, 15) is 4.79 Å². The average molecular weight is 252 g/mol. The lowest BCUT2D eigenvalue weighted by molar-refractivity contribution is -0.121. The van der Waals surface area contributed by atoms with Gasteiger partial charge in [0, 0.05) is 17.0 Å². The monoisotopic (exact) mass is 252 g/mol. The SMILES string of the molecule is CC(NCC(=O)NC1CCCC1)c1cccs1. The number of amides is 1. The predicted molar refractivity (Wildman–Crippen MR) is 71.1 cm³/mol. The minimum atomic E-state index is 0.125. The molecule has 0 radical (unpaired) electrons. The van der Waals surface area contributed by atoms with Crippen LogP contribution in [0.4, 0.5) is 0 Å². The van der Waals surface area contributed by atoms with E-state index in [2.05, 4.69) is 29.0 Å². The highest BCUT2D eigenvalue weighted by molar-refractivity contribution is 7.10. The molecule has 1 heterocycles. The molecule has 1 aliphatic carbocycles. The Morgan fingerprint density at radius 3 is 2.94 bits per heavy atom. The third-order valence-electron chi connectivity index (χ3n) is 3.26. The molecule has 1 atom stereocenters. The number of rotatable bonds is 5. The third kappa shape index (κ3) is 3.82. The summed E-state index contributed by atoms with van der Waals surface area (Å²) >= 11 is 1.72. The van der Waals surface area contributed by atoms with Crippen LogP contribution in [0.25, 0.3) is 0 Å². The lowest BCUT2D eigenvalue weighted by Crippen LogP contribution is -2.39. The molecule has 1 saturated carbocycles. The van der Waals surface area contributed by atoms with Gasteiger partial charge in [-0.15, -0.1) is 11.3 Å². The molecule has 0 aromatic carbocycles. The summed E-state index contributed by atoms with van der Waals surface area (Å²) in [6, 6.07) is 4.80. The number of thiophene rings is 1. The maximum absolute atomic E-state index is 11.7. The quantitative estimate of drug-likeness (QED) is 0.845. The van der Waals surface area contributed by atoms with Gasteiger partial charge in [0.05, 0.1) is 6.54 Å². The minimum absolute atomic E-state index is 0.125. The summed E-state index contributed by atoms with van der Waals surface area (Å²) < 4.78 is 0. The fourth-order valence-electron chi connectivity index (χ4n) is 2.23. The van der Waals surface area contributed by atoms with E-state index in [1.807, 2.05) is 6.07 Å². The summed E-state index contributed by atoms with van der Waals surface area (Å²) in [5.41, 5.74) is 0. The van der Waals surface area contributed by atoms with Crippen LogP contribution in [-0.2, 0) is 4.79 Å². The summed E-state index contributed by atoms with van der Waals surface area (Å²) in [6.45, 7) is 2.50. The van der Waals surface area contributed by atoms with E-state index in [0.29, 0.717) is 12.6 Å². The molecule has 1 aromatic rings. The first kappa shape index (κ1) is 12.6. The molecule has 4 heteroatoms. The fourth-order valence-corrected chi connectivity index (χ4v) is 2.99. The van der Waals surface area contributed by atoms with Crippen molar-refractivity contribution < 1.29 is 4.79 Å². The number of carbonyl (C=O) groups excluding carboxylic acids is 1. The molecule has 3 nitrogen and oxygen atoms in total. The van der Waals surface area contributed by atoms with Gasteiger partial charge in [0.2, 0.25) is 5.91 Å². The molecular weight excluding hydrogens is 232 g/mol. The van der Waals surface area contributed by atoms with Crippen LogP contribution in [0.5, 0.6) is 0 Å². The second kappa shape index (κ2) is 6.17. The third-order valence-corrected chi connectivity index (χ3v) is 4.31. The van der Waals surface area contributed by atoms with E-state index in [0.717, 1.165) is 12.8 Å². The van der Waals surface area contributed by atoms with Crippen molar-refractivity contribution in [1.82, 2.24) is 10.6 Å². The molecule has 1 unspecified atom stereocenters. The van der Waals surface area contributed by atoms with Gasteiger partial charge in [-0.3, -0.25) is 4.79 Å². The number of hydrogen-bond acceptors (Lipinski definition) is 3. The molecule has 94 valence electrons. The van der Waals surface area contributed by atoms with Crippen LogP contribution in [0.3, 0.4) is 0 Å². The van der Waals surface area contributed by atoms with Crippen LogP contribution in [0.2, 0.25) is 0 Å². The summed E-state index contributed by atoms with van der Waals surface area (Å²) in [7, 11) is 0. The minimum Gasteiger partial charge on any atom is -0.352 e. The van der Waals surface area contributed by atoms with E-state index in [-0.39, 0.29) is 11.9 Å². The van der Waals surface area contributed by atoms with Crippen molar-refractivity contribution >= 4 is 17.2 Å². The van der Waals surface area contributed by atoms with Gasteiger partial charge >= 0.3 is 0 Å². The molecule has 0 saturated heterocycles. The Labute approximate surface area is 107 Å². The molecule has 1 aromatic heterocycles. The molecule has 0 bridgehead atoms. The van der Waals surface area contributed by atoms with Gasteiger partial charge < -0.3 is 10.6 Å². The van der Waals surface area contributed by atoms with Crippen molar-refractivity contribution in [3.05, 3.63) is 22.4 Å². The molecule has 2 N–H and O–H groups in total. The summed E-state index contributed by atoms with van der Waals surface area (Å²) in [5.74, 6) is 0.125. The van der Waals surface area contributed by atoms with Gasteiger partial charge in [-0.1, -0.05) is 18.9 Å². The van der Waals surface area contributed by atoms with Crippen LogP contribution in [-0.4, -0.2) is 18.5 Å². The van der Waals surface area contributed by atoms with Gasteiger partial charge in [0.1, 0.15) is 0 Å². The smallest absolute Gasteiger partial charge is 0.234 e. The Kier molecular flexibility index (Phi) is 4.57. The van der Waals surface area contributed by atoms with E-state index in [1.165, 1.54) is 17.7 Å². The first-order chi connectivity index (χ1) is 8.25. The van der Waals surface area contributed by atoms with Gasteiger partial charge in [-0.05, 0) is 31.2 Å². The molecule has 17 heavy (non-hydrogen) atoms. The van der Waals surface area contributed by atoms with E-state index in [1.54, 1.807) is 11.3 Å². The van der Waals surface area contributed by atoms with Crippen LogP contribution < -0.4 is 10.6 Å². The van der Waals surface area contributed by atoms with Gasteiger partial charge in [-0.25, -0.2) is 0 Å². The zero-order valence-electron chi connectivity index (χ0n) is 10.2. The maximum Gasteiger partial charge on any atom is 0.234 e. The second-order valence-electron chi connectivity index (χ2n) is 4.67. The Hall–Kier alpha value is -0.870. The zero-order valence-corrected chi connectivity index (χ0v) is 11.1. The van der Waals surface area contributed by atoms with Gasteiger partial charge in [-0.2, -0.15) is 0 Å². The largest absolute Gasteiger partial charge is 0.352 e. The molecular formula is C13H20N2OS. The molecule has 2 rings (SSSR count). The van der Waals surface area contributed by atoms with Crippen LogP contribution >= 0.6 is 11.3 Å². The number of carbonyl (C=O) groups is 1. The Morgan fingerprint density at radius 2 is 2.29 bits per heavy atom. The topological polar surface area (TPSA) is 41.1 Å². The summed E-state index contributed by atoms with van der Waals surface area (Å²) in [5, 5.41) is 8.40. The molecule has 0 spiro atoms. The Bertz CT molecular complexity index is 344. The first-order valence-corrected chi connectivity index (χ1v) is 7.20. The van der Waals surface area contributed by atoms with E-state index < -0.39 is 0 Å². The average Bonchev–Trinajstić information content (AvgIpc) is 2.97. The zero-order chi connectivity index (χ0) is 12.1. The molecule has 1 aliphatic rings. The van der Waals surface area contributed by atoms with Gasteiger partial charge in [0.25, 0.3) is 0 Å². The standard InChI is InChI=1S/C13H20N2OS/c1-10(12-7-4-8-17-12)14-9-13(16)15-11-5-2-3-6-11/h4,7-8,10-11,14H,2-3,5-6,9H2,1H3,(H,15,16).